The van der Waals surface area contributed by atoms with Crippen molar-refractivity contribution < 1.29 is 36.2 Å². The quantitative estimate of drug-likeness (QED) is 0.471. The van der Waals surface area contributed by atoms with Gasteiger partial charge in [-0.15, -0.1) is 0 Å². The number of nitriles is 1. The highest BCUT2D eigenvalue weighted by molar-refractivity contribution is 5.61. The molecule has 3 aromatic rings. The average Bonchev–Trinajstić information content (AvgIpc) is 3.25. The number of halogens is 5. The van der Waals surface area contributed by atoms with E-state index in [9.17, 15) is 32.0 Å². The molecule has 0 aliphatic carbocycles. The van der Waals surface area contributed by atoms with Gasteiger partial charge in [0, 0.05) is 18.8 Å². The lowest BCUT2D eigenvalue weighted by atomic mass is 10.2. The molecule has 0 amide bonds. The van der Waals surface area contributed by atoms with E-state index in [0.29, 0.717) is 38.2 Å². The van der Waals surface area contributed by atoms with Gasteiger partial charge in [0.1, 0.15) is 29.9 Å². The molecule has 9 nitrogen and oxygen atoms in total. The Bertz CT molecular complexity index is 1450. The number of hydrogen-bond acceptors (Lipinski definition) is 8. The van der Waals surface area contributed by atoms with Gasteiger partial charge in [0.05, 0.1) is 25.8 Å². The van der Waals surface area contributed by atoms with Crippen molar-refractivity contribution in [2.75, 3.05) is 24.7 Å². The van der Waals surface area contributed by atoms with Crippen LogP contribution in [0.15, 0.2) is 35.3 Å². The minimum Gasteiger partial charge on any atom is -0.472 e. The molecule has 0 radical (unpaired) electrons. The van der Waals surface area contributed by atoms with Crippen molar-refractivity contribution in [1.82, 2.24) is 14.5 Å². The third-order valence-electron chi connectivity index (χ3n) is 5.80. The van der Waals surface area contributed by atoms with Crippen LogP contribution in [-0.4, -0.2) is 40.3 Å². The molecule has 1 saturated heterocycles. The number of rotatable bonds is 5. The van der Waals surface area contributed by atoms with Gasteiger partial charge in [-0.25, -0.2) is 13.6 Å². The molecule has 0 saturated carbocycles. The molecule has 37 heavy (non-hydrogen) atoms. The molecule has 5 rings (SSSR count). The largest absolute Gasteiger partial charge is 0.472 e. The number of morpholine rings is 1. The number of alkyl halides is 3. The average molecular weight is 521 g/mol. The molecular weight excluding hydrogens is 505 g/mol. The summed E-state index contributed by atoms with van der Waals surface area (Å²) >= 11 is 0. The summed E-state index contributed by atoms with van der Waals surface area (Å²) in [6, 6.07) is 5.09. The molecule has 1 atom stereocenters. The van der Waals surface area contributed by atoms with Crippen LogP contribution in [0, 0.1) is 23.0 Å². The highest BCUT2D eigenvalue weighted by Crippen LogP contribution is 2.35. The van der Waals surface area contributed by atoms with Crippen LogP contribution in [0.1, 0.15) is 16.8 Å². The maximum absolute atomic E-state index is 14.6. The number of nitrogens with zero attached hydrogens (tertiary/aromatic N) is 5. The highest BCUT2D eigenvalue weighted by atomic mass is 19.4. The van der Waals surface area contributed by atoms with Gasteiger partial charge in [0.2, 0.25) is 5.88 Å². The zero-order valence-electron chi connectivity index (χ0n) is 18.8. The Morgan fingerprint density at radius 2 is 1.97 bits per heavy atom. The van der Waals surface area contributed by atoms with Crippen molar-refractivity contribution in [3.63, 3.8) is 0 Å². The summed E-state index contributed by atoms with van der Waals surface area (Å²) in [6.45, 7) is 1.10. The Hall–Kier alpha value is -4.25. The number of benzene rings is 1. The first-order valence-corrected chi connectivity index (χ1v) is 10.9. The van der Waals surface area contributed by atoms with Crippen molar-refractivity contribution in [2.45, 2.75) is 25.4 Å². The van der Waals surface area contributed by atoms with Crippen molar-refractivity contribution >= 4 is 5.82 Å². The topological polar surface area (TPSA) is 102 Å². The van der Waals surface area contributed by atoms with E-state index in [1.54, 1.807) is 0 Å². The minimum atomic E-state index is -4.77. The molecule has 4 heterocycles. The van der Waals surface area contributed by atoms with Gasteiger partial charge in [-0.3, -0.25) is 9.55 Å². The van der Waals surface area contributed by atoms with E-state index in [4.69, 9.17) is 14.2 Å². The van der Waals surface area contributed by atoms with Crippen LogP contribution < -0.4 is 20.1 Å². The maximum atomic E-state index is 14.6. The molecule has 14 heteroatoms. The van der Waals surface area contributed by atoms with E-state index in [-0.39, 0.29) is 23.0 Å². The number of aromatic nitrogens is 3. The Morgan fingerprint density at radius 3 is 2.68 bits per heavy atom. The first-order chi connectivity index (χ1) is 17.7. The maximum Gasteiger partial charge on any atom is 0.433 e. The number of hydrogen-bond donors (Lipinski definition) is 0. The Balaban J connectivity index is 1.37. The highest BCUT2D eigenvalue weighted by Gasteiger charge is 2.37. The molecular formula is C23H16F5N5O4. The summed E-state index contributed by atoms with van der Waals surface area (Å²) in [5.41, 5.74) is -1.97. The SMILES string of the molecule is N#Cc1c(OCc2cc(F)c(Oc3ccnc(C(F)(F)F)c3)c(F)c2)nc(=O)n2c1N1CCOCC1C2. The fourth-order valence-corrected chi connectivity index (χ4v) is 4.18. The summed E-state index contributed by atoms with van der Waals surface area (Å²) < 4.78 is 85.1. The molecule has 0 spiro atoms. The Morgan fingerprint density at radius 1 is 1.22 bits per heavy atom. The second-order valence-electron chi connectivity index (χ2n) is 8.20. The lowest BCUT2D eigenvalue weighted by molar-refractivity contribution is -0.141. The standard InChI is InChI=1S/C23H16F5N5O4/c24-16-5-12(6-17(25)19(16)37-14-1-2-30-18(7-14)23(26,27)28)10-36-20-15(8-29)21-32-3-4-35-11-13(32)9-33(21)22(34)31-20/h1-2,5-7,13H,3-4,9-11H2. The van der Waals surface area contributed by atoms with Crippen LogP contribution in [-0.2, 0) is 24.1 Å². The third kappa shape index (κ3) is 4.65. The minimum absolute atomic E-state index is 0.00283. The van der Waals surface area contributed by atoms with E-state index in [1.165, 1.54) is 4.57 Å². The molecule has 2 aliphatic rings. The van der Waals surface area contributed by atoms with Crippen LogP contribution in [0.3, 0.4) is 0 Å². The fourth-order valence-electron chi connectivity index (χ4n) is 4.18. The molecule has 1 fully saturated rings. The molecule has 2 aliphatic heterocycles. The van der Waals surface area contributed by atoms with Gasteiger partial charge in [0.15, 0.2) is 22.9 Å². The smallest absolute Gasteiger partial charge is 0.433 e. The molecule has 0 bridgehead atoms. The van der Waals surface area contributed by atoms with Gasteiger partial charge >= 0.3 is 11.9 Å². The zero-order valence-corrected chi connectivity index (χ0v) is 18.8. The van der Waals surface area contributed by atoms with Gasteiger partial charge in [-0.1, -0.05) is 0 Å². The van der Waals surface area contributed by atoms with Crippen molar-refractivity contribution in [3.8, 4) is 23.4 Å². The van der Waals surface area contributed by atoms with Crippen molar-refractivity contribution in [2.24, 2.45) is 0 Å². The lowest BCUT2D eigenvalue weighted by Crippen LogP contribution is -2.43. The zero-order chi connectivity index (χ0) is 26.3. The summed E-state index contributed by atoms with van der Waals surface area (Å²) in [7, 11) is 0. The lowest BCUT2D eigenvalue weighted by Gasteiger charge is -2.30. The first kappa shape index (κ1) is 24.4. The summed E-state index contributed by atoms with van der Waals surface area (Å²) in [6.07, 6.45) is -3.97. The van der Waals surface area contributed by atoms with Crippen LogP contribution in [0.2, 0.25) is 0 Å². The molecule has 2 aromatic heterocycles. The normalized spacial score (nSPS) is 16.6. The number of ether oxygens (including phenoxy) is 3. The predicted molar refractivity (Wildman–Crippen MR) is 115 cm³/mol. The second-order valence-corrected chi connectivity index (χ2v) is 8.20. The predicted octanol–water partition coefficient (Wildman–Crippen LogP) is 3.40. The number of pyridine rings is 1. The van der Waals surface area contributed by atoms with Crippen LogP contribution >= 0.6 is 0 Å². The summed E-state index contributed by atoms with van der Waals surface area (Å²) in [5, 5.41) is 9.74. The van der Waals surface area contributed by atoms with E-state index in [0.717, 1.165) is 24.4 Å². The molecule has 192 valence electrons. The second kappa shape index (κ2) is 9.32. The van der Waals surface area contributed by atoms with Gasteiger partial charge in [-0.2, -0.15) is 23.4 Å². The van der Waals surface area contributed by atoms with Crippen molar-refractivity contribution in [1.29, 1.82) is 5.26 Å². The molecule has 1 unspecified atom stereocenters. The van der Waals surface area contributed by atoms with E-state index >= 15 is 0 Å². The van der Waals surface area contributed by atoms with Gasteiger partial charge in [-0.05, 0) is 23.8 Å². The molecule has 0 N–H and O–H groups in total. The van der Waals surface area contributed by atoms with Crippen molar-refractivity contribution in [3.05, 3.63) is 69.4 Å². The van der Waals surface area contributed by atoms with Crippen LogP contribution in [0.25, 0.3) is 0 Å². The fraction of sp³-hybridized carbons (Fsp3) is 0.304. The monoisotopic (exact) mass is 521 g/mol. The summed E-state index contributed by atoms with van der Waals surface area (Å²) in [5.74, 6) is -3.74. The molecule has 1 aromatic carbocycles. The number of anilines is 1. The van der Waals surface area contributed by atoms with Crippen LogP contribution in [0.4, 0.5) is 27.8 Å². The Kier molecular flexibility index (Phi) is 6.16. The third-order valence-corrected chi connectivity index (χ3v) is 5.80. The van der Waals surface area contributed by atoms with E-state index in [2.05, 4.69) is 9.97 Å². The van der Waals surface area contributed by atoms with E-state index < -0.39 is 47.3 Å². The summed E-state index contributed by atoms with van der Waals surface area (Å²) in [4.78, 5) is 21.4. The Labute approximate surface area is 205 Å². The first-order valence-electron chi connectivity index (χ1n) is 10.9. The van der Waals surface area contributed by atoms with Gasteiger partial charge in [0.25, 0.3) is 0 Å². The van der Waals surface area contributed by atoms with E-state index in [1.807, 2.05) is 11.0 Å². The number of fused-ring (bicyclic) bond motifs is 3. The van der Waals surface area contributed by atoms with Crippen LogP contribution in [0.5, 0.6) is 17.4 Å². The van der Waals surface area contributed by atoms with Gasteiger partial charge < -0.3 is 19.1 Å².